The summed E-state index contributed by atoms with van der Waals surface area (Å²) in [5.41, 5.74) is 18.0. The monoisotopic (exact) mass is 784 g/mol. The number of alkyl halides is 4. The van der Waals surface area contributed by atoms with E-state index < -0.39 is 35.5 Å². The number of thioether (sulfide) groups is 1. The standard InChI is InChI=1S/C40H49F5N8OS/c1-55-34-19-30(18-31(42)36(34)39-20-27(39)8-9-29(53(39)13-3-11-41)10-12-49-35(48)21-46)52-22-26-17-33(50-37(26)51-38(52)54)25-14-23(15-28(16-25)40(43,44)45)4-2-5-32(47)24-6-7-24/h14-19,22,24,27,29,32H,2-13,20-21,46-47H2,1H3,(H2,48,49)(H,50,51,54)/t27?,29-,32+,39?/m0/s1. The molecule has 4 aromatic rings. The number of H-pyrrole nitrogens is 1. The molecule has 2 aliphatic carbocycles. The largest absolute Gasteiger partial charge is 0.416 e. The zero-order chi connectivity index (χ0) is 39.1. The molecule has 3 heterocycles. The van der Waals surface area contributed by atoms with Crippen LogP contribution in [0.25, 0.3) is 28.0 Å². The fourth-order valence-electron chi connectivity index (χ4n) is 8.75. The number of piperidine rings is 1. The predicted molar refractivity (Wildman–Crippen MR) is 208 cm³/mol. The van der Waals surface area contributed by atoms with Crippen molar-refractivity contribution in [1.29, 1.82) is 0 Å². The molecule has 7 N–H and O–H groups in total. The first-order chi connectivity index (χ1) is 26.4. The Morgan fingerprint density at radius 1 is 1.13 bits per heavy atom. The molecule has 0 radical (unpaired) electrons. The second-order valence-corrected chi connectivity index (χ2v) is 16.2. The molecule has 296 valence electrons. The third-order valence-corrected chi connectivity index (χ3v) is 12.5. The Morgan fingerprint density at radius 3 is 2.64 bits per heavy atom. The Labute approximate surface area is 321 Å². The molecule has 2 unspecified atom stereocenters. The molecule has 1 saturated heterocycles. The summed E-state index contributed by atoms with van der Waals surface area (Å²) in [6.45, 7) is 0.630. The number of nitrogens with two attached hydrogens (primary N) is 3. The number of fused-ring (bicyclic) bond motifs is 2. The number of hydrogen-bond donors (Lipinski definition) is 4. The van der Waals surface area contributed by atoms with Gasteiger partial charge in [0.1, 0.15) is 17.3 Å². The van der Waals surface area contributed by atoms with Crippen molar-refractivity contribution in [1.82, 2.24) is 19.4 Å². The van der Waals surface area contributed by atoms with Crippen LogP contribution in [0.4, 0.5) is 22.0 Å². The van der Waals surface area contributed by atoms with Gasteiger partial charge in [0.05, 0.1) is 30.0 Å². The van der Waals surface area contributed by atoms with Crippen LogP contribution < -0.4 is 22.9 Å². The number of aliphatic imine (C=N–C) groups is 1. The van der Waals surface area contributed by atoms with E-state index in [1.165, 1.54) is 34.7 Å². The molecule has 2 aromatic carbocycles. The predicted octanol–water partition coefficient (Wildman–Crippen LogP) is 7.07. The lowest BCUT2D eigenvalue weighted by Crippen LogP contribution is -2.49. The van der Waals surface area contributed by atoms with Gasteiger partial charge in [0.25, 0.3) is 0 Å². The van der Waals surface area contributed by atoms with Crippen LogP contribution in [0.2, 0.25) is 0 Å². The van der Waals surface area contributed by atoms with Crippen molar-refractivity contribution in [3.8, 4) is 16.9 Å². The van der Waals surface area contributed by atoms with E-state index in [1.807, 2.05) is 6.26 Å². The molecule has 0 amide bonds. The van der Waals surface area contributed by atoms with E-state index in [1.54, 1.807) is 18.2 Å². The van der Waals surface area contributed by atoms with Crippen molar-refractivity contribution < 1.29 is 22.0 Å². The zero-order valence-corrected chi connectivity index (χ0v) is 31.8. The topological polar surface area (TPSA) is 144 Å². The Balaban J connectivity index is 1.20. The minimum absolute atomic E-state index is 0.0592. The number of hydrogen-bond acceptors (Lipinski definition) is 7. The zero-order valence-electron chi connectivity index (χ0n) is 31.0. The quantitative estimate of drug-likeness (QED) is 0.0412. The second-order valence-electron chi connectivity index (χ2n) is 15.4. The van der Waals surface area contributed by atoms with Gasteiger partial charge in [0.2, 0.25) is 0 Å². The van der Waals surface area contributed by atoms with Gasteiger partial charge in [-0.1, -0.05) is 0 Å². The van der Waals surface area contributed by atoms with Crippen LogP contribution in [-0.2, 0) is 18.1 Å². The Hall–Kier alpha value is -3.79. The summed E-state index contributed by atoms with van der Waals surface area (Å²) in [7, 11) is 0. The van der Waals surface area contributed by atoms with Gasteiger partial charge >= 0.3 is 11.9 Å². The fourth-order valence-corrected chi connectivity index (χ4v) is 9.47. The Bertz CT molecular complexity index is 2110. The first-order valence-electron chi connectivity index (χ1n) is 19.2. The molecule has 55 heavy (non-hydrogen) atoms. The first kappa shape index (κ1) is 39.4. The van der Waals surface area contributed by atoms with E-state index in [0.717, 1.165) is 44.6 Å². The van der Waals surface area contributed by atoms with Crippen molar-refractivity contribution in [2.24, 2.45) is 34.0 Å². The number of nitrogens with one attached hydrogen (secondary N) is 1. The number of aromatic nitrogens is 3. The normalized spacial score (nSPS) is 22.3. The van der Waals surface area contributed by atoms with Gasteiger partial charge in [-0.25, -0.2) is 9.18 Å². The summed E-state index contributed by atoms with van der Waals surface area (Å²) < 4.78 is 73.6. The third kappa shape index (κ3) is 8.21. The van der Waals surface area contributed by atoms with Gasteiger partial charge in [0, 0.05) is 52.9 Å². The van der Waals surface area contributed by atoms with Gasteiger partial charge < -0.3 is 22.2 Å². The highest BCUT2D eigenvalue weighted by Crippen LogP contribution is 2.64. The summed E-state index contributed by atoms with van der Waals surface area (Å²) in [6, 6.07) is 8.92. The van der Waals surface area contributed by atoms with Gasteiger partial charge in [-0.3, -0.25) is 18.8 Å². The van der Waals surface area contributed by atoms with Crippen LogP contribution in [0.5, 0.6) is 0 Å². The molecule has 2 aromatic heterocycles. The minimum Gasteiger partial charge on any atom is -0.386 e. The average Bonchev–Trinajstić information content (AvgIpc) is 4.09. The number of halogens is 5. The lowest BCUT2D eigenvalue weighted by molar-refractivity contribution is -0.137. The maximum absolute atomic E-state index is 16.7. The Kier molecular flexibility index (Phi) is 11.5. The molecule has 4 atom stereocenters. The Morgan fingerprint density at radius 2 is 1.93 bits per heavy atom. The number of aromatic amines is 1. The molecule has 15 heteroatoms. The van der Waals surface area contributed by atoms with Crippen molar-refractivity contribution in [3.63, 3.8) is 0 Å². The van der Waals surface area contributed by atoms with Gasteiger partial charge in [0.15, 0.2) is 0 Å². The van der Waals surface area contributed by atoms with Crippen molar-refractivity contribution in [3.05, 3.63) is 75.6 Å². The number of amidine groups is 1. The lowest BCUT2D eigenvalue weighted by atomic mass is 9.88. The summed E-state index contributed by atoms with van der Waals surface area (Å²) >= 11 is 1.38. The third-order valence-electron chi connectivity index (χ3n) is 11.7. The van der Waals surface area contributed by atoms with E-state index in [2.05, 4.69) is 19.9 Å². The molecule has 9 nitrogen and oxygen atoms in total. The van der Waals surface area contributed by atoms with Crippen LogP contribution >= 0.6 is 11.8 Å². The number of nitrogens with zero attached hydrogens (tertiary/aromatic N) is 4. The molecule has 2 saturated carbocycles. The summed E-state index contributed by atoms with van der Waals surface area (Å²) in [5, 5.41) is 0.477. The molecular weight excluding hydrogens is 736 g/mol. The van der Waals surface area contributed by atoms with Crippen LogP contribution in [-0.4, -0.2) is 69.9 Å². The number of aryl methyl sites for hydroxylation is 1. The molecule has 3 aliphatic rings. The van der Waals surface area contributed by atoms with Crippen molar-refractivity contribution >= 4 is 28.6 Å². The smallest absolute Gasteiger partial charge is 0.386 e. The molecule has 0 spiro atoms. The molecular formula is C40H49F5N8OS. The average molecular weight is 785 g/mol. The number of rotatable bonds is 16. The van der Waals surface area contributed by atoms with Gasteiger partial charge in [-0.05, 0) is 130 Å². The SMILES string of the molecule is CSc1cc(-n2cc3cc(-c4cc(CCC[C@@H](N)C5CC5)cc(C(F)(F)F)c4)[nH]c3nc2=O)cc(F)c1C12CC1CC[C@@H](CCN=C(N)CN)N2CCCF. The minimum atomic E-state index is -4.55. The highest BCUT2D eigenvalue weighted by molar-refractivity contribution is 7.98. The van der Waals surface area contributed by atoms with Crippen molar-refractivity contribution in [2.75, 3.05) is 32.6 Å². The maximum atomic E-state index is 16.7. The van der Waals surface area contributed by atoms with Crippen LogP contribution in [0, 0.1) is 17.7 Å². The van der Waals surface area contributed by atoms with E-state index >= 15 is 4.39 Å². The highest BCUT2D eigenvalue weighted by atomic mass is 32.2. The van der Waals surface area contributed by atoms with E-state index in [4.69, 9.17) is 17.2 Å². The maximum Gasteiger partial charge on any atom is 0.416 e. The van der Waals surface area contributed by atoms with E-state index in [9.17, 15) is 22.4 Å². The molecule has 3 fully saturated rings. The van der Waals surface area contributed by atoms with Gasteiger partial charge in [-0.2, -0.15) is 18.2 Å². The van der Waals surface area contributed by atoms with E-state index in [0.29, 0.717) is 83.2 Å². The number of benzene rings is 2. The molecule has 0 bridgehead atoms. The van der Waals surface area contributed by atoms with Crippen LogP contribution in [0.1, 0.15) is 74.5 Å². The highest BCUT2D eigenvalue weighted by Gasteiger charge is 2.64. The van der Waals surface area contributed by atoms with Crippen LogP contribution in [0.15, 0.2) is 57.3 Å². The number of likely N-dealkylation sites (tertiary alicyclic amines) is 1. The van der Waals surface area contributed by atoms with Crippen LogP contribution in [0.3, 0.4) is 0 Å². The summed E-state index contributed by atoms with van der Waals surface area (Å²) in [4.78, 5) is 28.0. The molecule has 1 aliphatic heterocycles. The summed E-state index contributed by atoms with van der Waals surface area (Å²) in [5.74, 6) is 0.638. The second kappa shape index (κ2) is 16.0. The van der Waals surface area contributed by atoms with E-state index in [-0.39, 0.29) is 35.9 Å². The summed E-state index contributed by atoms with van der Waals surface area (Å²) in [6.07, 6.45) is 6.50. The first-order valence-corrected chi connectivity index (χ1v) is 20.4. The van der Waals surface area contributed by atoms with Gasteiger partial charge in [-0.15, -0.1) is 11.8 Å². The van der Waals surface area contributed by atoms with Crippen molar-refractivity contribution in [2.45, 2.75) is 92.9 Å². The molecule has 7 rings (SSSR count). The fraction of sp³-hybridized carbons (Fsp3) is 0.525. The lowest BCUT2D eigenvalue weighted by Gasteiger charge is -2.44.